The van der Waals surface area contributed by atoms with Crippen LogP contribution in [0.25, 0.3) is 21.6 Å². The number of methoxy groups -OCH3 is 1. The summed E-state index contributed by atoms with van der Waals surface area (Å²) in [5, 5.41) is 0. The van der Waals surface area contributed by atoms with Crippen LogP contribution in [0.5, 0.6) is 5.75 Å². The van der Waals surface area contributed by atoms with Crippen molar-refractivity contribution in [2.45, 2.75) is 11.1 Å². The van der Waals surface area contributed by atoms with E-state index in [-0.39, 0.29) is 11.2 Å². The molecule has 2 nitrogen and oxygen atoms in total. The van der Waals surface area contributed by atoms with Crippen LogP contribution < -0.4 is 10.2 Å². The Kier molecular flexibility index (Phi) is 5.56. The fourth-order valence-corrected chi connectivity index (χ4v) is 4.90. The maximum absolute atomic E-state index is 13.2. The van der Waals surface area contributed by atoms with Gasteiger partial charge in [-0.25, -0.2) is 4.39 Å². The van der Waals surface area contributed by atoms with Crippen molar-refractivity contribution < 1.29 is 9.13 Å². The van der Waals surface area contributed by atoms with Crippen LogP contribution in [0.4, 0.5) is 4.39 Å². The zero-order chi connectivity index (χ0) is 17.8. The fourth-order valence-electron chi connectivity index (χ4n) is 2.48. The second kappa shape index (κ2) is 7.85. The Morgan fingerprint density at radius 2 is 1.68 bits per heavy atom. The van der Waals surface area contributed by atoms with Gasteiger partial charge in [0.15, 0.2) is 5.43 Å². The molecule has 0 saturated heterocycles. The molecular weight excluding hydrogens is 355 g/mol. The maximum Gasteiger partial charge on any atom is 0.189 e. The molecule has 128 valence electrons. The smallest absolute Gasteiger partial charge is 0.189 e. The molecule has 2 aromatic carbocycles. The lowest BCUT2D eigenvalue weighted by Gasteiger charge is -2.10. The van der Waals surface area contributed by atoms with Crippen molar-refractivity contribution in [2.75, 3.05) is 12.9 Å². The first-order chi connectivity index (χ1) is 12.1. The first-order valence-corrected chi connectivity index (χ1v) is 9.64. The molecule has 3 rings (SSSR count). The van der Waals surface area contributed by atoms with Gasteiger partial charge in [-0.05, 0) is 53.3 Å². The molecule has 0 fully saturated rings. The van der Waals surface area contributed by atoms with Crippen molar-refractivity contribution in [2.24, 2.45) is 0 Å². The van der Waals surface area contributed by atoms with E-state index in [9.17, 15) is 9.18 Å². The molecule has 0 spiro atoms. The monoisotopic (exact) mass is 372 g/mol. The summed E-state index contributed by atoms with van der Waals surface area (Å²) in [6.07, 6.45) is 0. The fraction of sp³-hybridized carbons (Fsp3) is 0.150. The number of halogens is 1. The zero-order valence-corrected chi connectivity index (χ0v) is 15.5. The highest BCUT2D eigenvalue weighted by atomic mass is 32.2. The van der Waals surface area contributed by atoms with Crippen LogP contribution in [0.15, 0.2) is 63.6 Å². The van der Waals surface area contributed by atoms with Crippen molar-refractivity contribution in [1.82, 2.24) is 0 Å². The lowest BCUT2D eigenvalue weighted by molar-refractivity contribution is 0.415. The third-order valence-electron chi connectivity index (χ3n) is 3.70. The molecule has 25 heavy (non-hydrogen) atoms. The predicted octanol–water partition coefficient (Wildman–Crippen LogP) is 5.70. The summed E-state index contributed by atoms with van der Waals surface area (Å²) in [7, 11) is 1.63. The molecule has 3 aromatic rings. The van der Waals surface area contributed by atoms with Crippen LogP contribution in [0.1, 0.15) is 6.92 Å². The van der Waals surface area contributed by atoms with Gasteiger partial charge in [-0.3, -0.25) is 4.79 Å². The Labute approximate surface area is 154 Å². The molecule has 5 heteroatoms. The minimum Gasteiger partial charge on any atom is -0.497 e. The van der Waals surface area contributed by atoms with E-state index in [1.807, 2.05) is 24.3 Å². The molecular formula is C20H17FO2S2. The number of ether oxygens (including phenoxy) is 1. The van der Waals surface area contributed by atoms with Crippen LogP contribution in [0.3, 0.4) is 0 Å². The summed E-state index contributed by atoms with van der Waals surface area (Å²) in [4.78, 5) is 13.7. The van der Waals surface area contributed by atoms with E-state index in [2.05, 4.69) is 6.92 Å². The topological polar surface area (TPSA) is 26.3 Å². The van der Waals surface area contributed by atoms with Gasteiger partial charge in [-0.2, -0.15) is 0 Å². The molecule has 0 aliphatic carbocycles. The second-order valence-corrected chi connectivity index (χ2v) is 7.89. The van der Waals surface area contributed by atoms with Gasteiger partial charge >= 0.3 is 0 Å². The molecule has 1 heterocycles. The van der Waals surface area contributed by atoms with Crippen molar-refractivity contribution >= 4 is 23.1 Å². The Hall–Kier alpha value is -2.11. The van der Waals surface area contributed by atoms with Gasteiger partial charge < -0.3 is 4.74 Å². The van der Waals surface area contributed by atoms with Gasteiger partial charge in [0.2, 0.25) is 0 Å². The largest absolute Gasteiger partial charge is 0.497 e. The minimum atomic E-state index is -0.306. The highest BCUT2D eigenvalue weighted by Crippen LogP contribution is 2.37. The molecule has 0 N–H and O–H groups in total. The summed E-state index contributed by atoms with van der Waals surface area (Å²) in [6, 6.07) is 15.4. The van der Waals surface area contributed by atoms with Crippen LogP contribution in [0, 0.1) is 5.82 Å². The van der Waals surface area contributed by atoms with E-state index < -0.39 is 0 Å². The number of hydrogen-bond donors (Lipinski definition) is 0. The average molecular weight is 372 g/mol. The van der Waals surface area contributed by atoms with E-state index in [0.717, 1.165) is 31.7 Å². The molecule has 0 aliphatic heterocycles. The summed E-state index contributed by atoms with van der Waals surface area (Å²) in [5.74, 6) is 1.33. The number of rotatable bonds is 5. The normalized spacial score (nSPS) is 10.7. The van der Waals surface area contributed by atoms with Gasteiger partial charge in [0, 0.05) is 10.9 Å². The second-order valence-electron chi connectivity index (χ2n) is 5.31. The SMILES string of the molecule is CCSc1sc(-c2ccc(OC)cc2)cc(=O)c1-c1ccc(F)cc1. The number of thioether (sulfide) groups is 1. The van der Waals surface area contributed by atoms with Gasteiger partial charge in [-0.15, -0.1) is 23.1 Å². The van der Waals surface area contributed by atoms with Crippen LogP contribution in [-0.4, -0.2) is 12.9 Å². The Balaban J connectivity index is 2.11. The third-order valence-corrected chi connectivity index (χ3v) is 6.02. The van der Waals surface area contributed by atoms with E-state index >= 15 is 0 Å². The first-order valence-electron chi connectivity index (χ1n) is 7.83. The average Bonchev–Trinajstić information content (AvgIpc) is 2.63. The Morgan fingerprint density at radius 1 is 1.04 bits per heavy atom. The van der Waals surface area contributed by atoms with Crippen molar-refractivity contribution in [3.63, 3.8) is 0 Å². The molecule has 0 aliphatic rings. The lowest BCUT2D eigenvalue weighted by Crippen LogP contribution is -2.04. The Morgan fingerprint density at radius 3 is 2.28 bits per heavy atom. The number of benzene rings is 2. The highest BCUT2D eigenvalue weighted by Gasteiger charge is 2.14. The highest BCUT2D eigenvalue weighted by molar-refractivity contribution is 8.01. The van der Waals surface area contributed by atoms with Crippen molar-refractivity contribution in [1.29, 1.82) is 0 Å². The third kappa shape index (κ3) is 3.94. The molecule has 0 radical (unpaired) electrons. The summed E-state index contributed by atoms with van der Waals surface area (Å²) in [5.41, 5.74) is 2.33. The van der Waals surface area contributed by atoms with Crippen molar-refractivity contribution in [3.05, 3.63) is 70.6 Å². The van der Waals surface area contributed by atoms with Gasteiger partial charge in [0.25, 0.3) is 0 Å². The Bertz CT molecular complexity index is 916. The van der Waals surface area contributed by atoms with Gasteiger partial charge in [0.1, 0.15) is 11.6 Å². The van der Waals surface area contributed by atoms with Crippen molar-refractivity contribution in [3.8, 4) is 27.3 Å². The maximum atomic E-state index is 13.2. The van der Waals surface area contributed by atoms with Gasteiger partial charge in [-0.1, -0.05) is 19.1 Å². The van der Waals surface area contributed by atoms with Crippen LogP contribution >= 0.6 is 23.1 Å². The minimum absolute atomic E-state index is 0.0490. The van der Waals surface area contributed by atoms with E-state index in [4.69, 9.17) is 4.74 Å². The molecule has 0 amide bonds. The summed E-state index contributed by atoms with van der Waals surface area (Å²) in [6.45, 7) is 2.05. The molecule has 0 atom stereocenters. The molecule has 0 bridgehead atoms. The summed E-state index contributed by atoms with van der Waals surface area (Å²) >= 11 is 3.21. The van der Waals surface area contributed by atoms with E-state index in [1.165, 1.54) is 12.1 Å². The van der Waals surface area contributed by atoms with Crippen LogP contribution in [0.2, 0.25) is 0 Å². The van der Waals surface area contributed by atoms with E-state index in [0.29, 0.717) is 5.56 Å². The molecule has 1 aromatic heterocycles. The quantitative estimate of drug-likeness (QED) is 0.537. The molecule has 0 saturated carbocycles. The summed E-state index contributed by atoms with van der Waals surface area (Å²) < 4.78 is 19.3. The predicted molar refractivity (Wildman–Crippen MR) is 104 cm³/mol. The molecule has 0 unspecified atom stereocenters. The standard InChI is InChI=1S/C20H17FO2S2/c1-3-24-20-19(14-4-8-15(21)9-5-14)17(22)12-18(25-20)13-6-10-16(23-2)11-7-13/h4-12H,3H2,1-2H3. The lowest BCUT2D eigenvalue weighted by atomic mass is 10.1. The number of hydrogen-bond acceptors (Lipinski definition) is 4. The van der Waals surface area contributed by atoms with Gasteiger partial charge in [0.05, 0.1) is 16.9 Å². The van der Waals surface area contributed by atoms with Crippen LogP contribution in [-0.2, 0) is 0 Å². The zero-order valence-electron chi connectivity index (χ0n) is 13.9. The first kappa shape index (κ1) is 17.7. The van der Waals surface area contributed by atoms with E-state index in [1.54, 1.807) is 48.4 Å².